The maximum absolute atomic E-state index is 12.5. The molecule has 0 bridgehead atoms. The van der Waals surface area contributed by atoms with Crippen LogP contribution < -0.4 is 14.8 Å². The number of hydrogen-bond donors (Lipinski definition) is 2. The van der Waals surface area contributed by atoms with Gasteiger partial charge >= 0.3 is 6.03 Å². The topological polar surface area (TPSA) is 87.7 Å². The van der Waals surface area contributed by atoms with Crippen LogP contribution in [-0.2, 0) is 16.6 Å². The summed E-state index contributed by atoms with van der Waals surface area (Å²) in [6.07, 6.45) is 6.28. The first-order valence-electron chi connectivity index (χ1n) is 10.8. The fourth-order valence-corrected chi connectivity index (χ4v) is 6.38. The van der Waals surface area contributed by atoms with E-state index < -0.39 is 10.0 Å². The number of nitrogens with zero attached hydrogens (tertiary/aromatic N) is 1. The van der Waals surface area contributed by atoms with E-state index in [1.54, 1.807) is 22.4 Å². The Kier molecular flexibility index (Phi) is 7.14. The SMILES string of the molecule is O=C(NCc1ccc(OC2CCCC2)cc1)N1CCC(NS(=O)(=O)c2cccs2)CC1. The molecule has 4 rings (SSSR count). The van der Waals surface area contributed by atoms with Crippen molar-refractivity contribution in [1.82, 2.24) is 14.9 Å². The molecule has 0 unspecified atom stereocenters. The van der Waals surface area contributed by atoms with Crippen LogP contribution in [0.15, 0.2) is 46.0 Å². The van der Waals surface area contributed by atoms with Crippen molar-refractivity contribution in [2.45, 2.75) is 61.4 Å². The van der Waals surface area contributed by atoms with Crippen molar-refractivity contribution in [3.05, 3.63) is 47.3 Å². The molecule has 1 aliphatic carbocycles. The molecule has 0 atom stereocenters. The number of rotatable bonds is 7. The van der Waals surface area contributed by atoms with Gasteiger partial charge in [-0.1, -0.05) is 18.2 Å². The van der Waals surface area contributed by atoms with E-state index in [9.17, 15) is 13.2 Å². The van der Waals surface area contributed by atoms with Crippen molar-refractivity contribution in [2.24, 2.45) is 0 Å². The number of likely N-dealkylation sites (tertiary alicyclic amines) is 1. The van der Waals surface area contributed by atoms with Crippen LogP contribution in [0.2, 0.25) is 0 Å². The van der Waals surface area contributed by atoms with Crippen molar-refractivity contribution < 1.29 is 17.9 Å². The van der Waals surface area contributed by atoms with Crippen LogP contribution in [0.1, 0.15) is 44.1 Å². The molecule has 0 spiro atoms. The van der Waals surface area contributed by atoms with Crippen molar-refractivity contribution in [3.63, 3.8) is 0 Å². The molecule has 1 aliphatic heterocycles. The summed E-state index contributed by atoms with van der Waals surface area (Å²) in [5.74, 6) is 0.883. The van der Waals surface area contributed by atoms with E-state index >= 15 is 0 Å². The summed E-state index contributed by atoms with van der Waals surface area (Å²) in [4.78, 5) is 14.2. The maximum Gasteiger partial charge on any atom is 0.317 e. The summed E-state index contributed by atoms with van der Waals surface area (Å²) in [5.41, 5.74) is 1.02. The van der Waals surface area contributed by atoms with Crippen molar-refractivity contribution in [1.29, 1.82) is 0 Å². The number of piperidine rings is 1. The number of sulfonamides is 1. The molecule has 1 saturated carbocycles. The zero-order chi connectivity index (χ0) is 21.7. The molecule has 2 amide bonds. The van der Waals surface area contributed by atoms with Crippen molar-refractivity contribution in [3.8, 4) is 5.75 Å². The van der Waals surface area contributed by atoms with Crippen molar-refractivity contribution >= 4 is 27.4 Å². The molecule has 9 heteroatoms. The van der Waals surface area contributed by atoms with Crippen LogP contribution in [0, 0.1) is 0 Å². The summed E-state index contributed by atoms with van der Waals surface area (Å²) < 4.78 is 33.8. The van der Waals surface area contributed by atoms with Gasteiger partial charge in [-0.2, -0.15) is 0 Å². The second-order valence-electron chi connectivity index (χ2n) is 8.14. The molecular formula is C22H29N3O4S2. The standard InChI is InChI=1S/C22H29N3O4S2/c26-22(23-16-17-7-9-20(10-8-17)29-19-4-1-2-5-19)25-13-11-18(12-14-25)24-31(27,28)21-6-3-15-30-21/h3,6-10,15,18-19,24H,1-2,4-5,11-14,16H2,(H,23,26). The van der Waals surface area contributed by atoms with Crippen LogP contribution in [0.25, 0.3) is 0 Å². The first-order chi connectivity index (χ1) is 15.0. The van der Waals surface area contributed by atoms with E-state index in [0.717, 1.165) is 24.2 Å². The molecule has 168 valence electrons. The Morgan fingerprint density at radius 2 is 1.77 bits per heavy atom. The minimum Gasteiger partial charge on any atom is -0.490 e. The zero-order valence-corrected chi connectivity index (χ0v) is 19.1. The lowest BCUT2D eigenvalue weighted by Gasteiger charge is -2.32. The van der Waals surface area contributed by atoms with Gasteiger partial charge in [0.25, 0.3) is 0 Å². The second-order valence-corrected chi connectivity index (χ2v) is 11.0. The molecule has 2 aliphatic rings. The third-order valence-electron chi connectivity index (χ3n) is 5.84. The molecule has 31 heavy (non-hydrogen) atoms. The highest BCUT2D eigenvalue weighted by Crippen LogP contribution is 2.24. The lowest BCUT2D eigenvalue weighted by molar-refractivity contribution is 0.179. The molecule has 2 heterocycles. The van der Waals surface area contributed by atoms with Gasteiger partial charge in [-0.3, -0.25) is 0 Å². The maximum atomic E-state index is 12.5. The van der Waals surface area contributed by atoms with E-state index in [4.69, 9.17) is 4.74 Å². The van der Waals surface area contributed by atoms with E-state index in [-0.39, 0.29) is 12.1 Å². The minimum atomic E-state index is -3.47. The number of ether oxygens (including phenoxy) is 1. The van der Waals surface area contributed by atoms with Crippen LogP contribution in [-0.4, -0.2) is 44.6 Å². The molecule has 0 radical (unpaired) electrons. The number of thiophene rings is 1. The Bertz CT molecular complexity index is 947. The van der Waals surface area contributed by atoms with E-state index in [1.807, 2.05) is 24.3 Å². The van der Waals surface area contributed by atoms with Crippen LogP contribution in [0.3, 0.4) is 0 Å². The van der Waals surface area contributed by atoms with Crippen LogP contribution >= 0.6 is 11.3 Å². The first-order valence-corrected chi connectivity index (χ1v) is 13.2. The lowest BCUT2D eigenvalue weighted by Crippen LogP contribution is -2.49. The number of benzene rings is 1. The number of carbonyl (C=O) groups is 1. The quantitative estimate of drug-likeness (QED) is 0.655. The summed E-state index contributed by atoms with van der Waals surface area (Å²) in [6, 6.07) is 10.9. The van der Waals surface area contributed by atoms with Gasteiger partial charge < -0.3 is 15.0 Å². The minimum absolute atomic E-state index is 0.120. The number of amides is 2. The van der Waals surface area contributed by atoms with E-state index in [0.29, 0.717) is 42.8 Å². The van der Waals surface area contributed by atoms with Gasteiger partial charge in [0.15, 0.2) is 0 Å². The summed E-state index contributed by atoms with van der Waals surface area (Å²) in [6.45, 7) is 1.50. The predicted octanol–water partition coefficient (Wildman–Crippen LogP) is 3.72. The van der Waals surface area contributed by atoms with Crippen LogP contribution in [0.5, 0.6) is 5.75 Å². The lowest BCUT2D eigenvalue weighted by atomic mass is 10.1. The van der Waals surface area contributed by atoms with Gasteiger partial charge in [-0.25, -0.2) is 17.9 Å². The van der Waals surface area contributed by atoms with Crippen molar-refractivity contribution in [2.75, 3.05) is 13.1 Å². The van der Waals surface area contributed by atoms with Gasteiger partial charge in [-0.05, 0) is 67.7 Å². The van der Waals surface area contributed by atoms with Gasteiger partial charge in [0, 0.05) is 25.7 Å². The zero-order valence-electron chi connectivity index (χ0n) is 17.5. The van der Waals surface area contributed by atoms with Crippen LogP contribution in [0.4, 0.5) is 4.79 Å². The number of carbonyl (C=O) groups excluding carboxylic acids is 1. The number of urea groups is 1. The highest BCUT2D eigenvalue weighted by atomic mass is 32.2. The normalized spacial score (nSPS) is 18.3. The summed E-state index contributed by atoms with van der Waals surface area (Å²) in [5, 5.41) is 4.70. The predicted molar refractivity (Wildman–Crippen MR) is 121 cm³/mol. The molecule has 1 saturated heterocycles. The third-order valence-corrected chi connectivity index (χ3v) is 8.75. The molecule has 2 N–H and O–H groups in total. The smallest absolute Gasteiger partial charge is 0.317 e. The highest BCUT2D eigenvalue weighted by molar-refractivity contribution is 7.91. The molecular weight excluding hydrogens is 434 g/mol. The Labute approximate surface area is 187 Å². The molecule has 7 nitrogen and oxygen atoms in total. The van der Waals surface area contributed by atoms with Gasteiger partial charge in [0.1, 0.15) is 9.96 Å². The molecule has 1 aromatic heterocycles. The van der Waals surface area contributed by atoms with Gasteiger partial charge in [0.2, 0.25) is 10.0 Å². The third kappa shape index (κ3) is 5.99. The average molecular weight is 464 g/mol. The Balaban J connectivity index is 1.19. The summed E-state index contributed by atoms with van der Waals surface area (Å²) >= 11 is 1.20. The number of nitrogens with one attached hydrogen (secondary N) is 2. The fraction of sp³-hybridized carbons (Fsp3) is 0.500. The molecule has 2 aromatic rings. The largest absolute Gasteiger partial charge is 0.490 e. The van der Waals surface area contributed by atoms with E-state index in [1.165, 1.54) is 24.2 Å². The highest BCUT2D eigenvalue weighted by Gasteiger charge is 2.27. The van der Waals surface area contributed by atoms with E-state index in [2.05, 4.69) is 10.0 Å². The Hall–Kier alpha value is -2.10. The Morgan fingerprint density at radius 3 is 2.42 bits per heavy atom. The molecule has 1 aromatic carbocycles. The fourth-order valence-electron chi connectivity index (χ4n) is 4.07. The van der Waals surface area contributed by atoms with Gasteiger partial charge in [-0.15, -0.1) is 11.3 Å². The summed E-state index contributed by atoms with van der Waals surface area (Å²) in [7, 11) is -3.47. The molecule has 2 fully saturated rings. The number of hydrogen-bond acceptors (Lipinski definition) is 5. The first kappa shape index (κ1) is 22.1. The Morgan fingerprint density at radius 1 is 1.06 bits per heavy atom. The van der Waals surface area contributed by atoms with Gasteiger partial charge in [0.05, 0.1) is 6.10 Å². The average Bonchev–Trinajstić information content (AvgIpc) is 3.48. The second kappa shape index (κ2) is 10.0. The monoisotopic (exact) mass is 463 g/mol.